The van der Waals surface area contributed by atoms with Gasteiger partial charge in [0.2, 0.25) is 0 Å². The molecule has 0 spiro atoms. The molecule has 0 aliphatic carbocycles. The van der Waals surface area contributed by atoms with Crippen LogP contribution in [0.4, 0.5) is 0 Å². The number of ether oxygens (including phenoxy) is 1. The fourth-order valence-electron chi connectivity index (χ4n) is 1.51. The summed E-state index contributed by atoms with van der Waals surface area (Å²) in [6.07, 6.45) is 9.78. The summed E-state index contributed by atoms with van der Waals surface area (Å²) in [7, 11) is 1.60. The summed E-state index contributed by atoms with van der Waals surface area (Å²) in [5.74, 6) is 6.00. The fourth-order valence-corrected chi connectivity index (χ4v) is 1.51. The molecule has 0 rings (SSSR count). The van der Waals surface area contributed by atoms with E-state index in [9.17, 15) is 5.11 Å². The molecule has 0 heterocycles. The molecular weight excluding hydrogens is 224 g/mol. The van der Waals surface area contributed by atoms with Gasteiger partial charge in [-0.3, -0.25) is 0 Å². The highest BCUT2D eigenvalue weighted by Crippen LogP contribution is 2.15. The zero-order valence-corrected chi connectivity index (χ0v) is 12.3. The number of aliphatic hydroxyl groups is 1. The highest BCUT2D eigenvalue weighted by atomic mass is 16.5. The van der Waals surface area contributed by atoms with E-state index in [1.165, 1.54) is 0 Å². The maximum atomic E-state index is 10.5. The third-order valence-electron chi connectivity index (χ3n) is 3.01. The van der Waals surface area contributed by atoms with E-state index in [1.54, 1.807) is 13.2 Å². The number of hydrogen-bond donors (Lipinski definition) is 1. The topological polar surface area (TPSA) is 29.5 Å². The number of allylic oxidation sites excluding steroid dienone is 1. The zero-order chi connectivity index (χ0) is 13.9. The minimum absolute atomic E-state index is 0.315. The van der Waals surface area contributed by atoms with Gasteiger partial charge in [0.05, 0.1) is 6.10 Å². The second kappa shape index (κ2) is 10.2. The van der Waals surface area contributed by atoms with Gasteiger partial charge in [-0.25, -0.2) is 0 Å². The smallest absolute Gasteiger partial charge is 0.169 e. The first-order valence-corrected chi connectivity index (χ1v) is 7.03. The van der Waals surface area contributed by atoms with E-state index in [0.29, 0.717) is 0 Å². The number of methoxy groups -OCH3 is 1. The number of hydrogen-bond acceptors (Lipinski definition) is 2. The van der Waals surface area contributed by atoms with Gasteiger partial charge in [0.25, 0.3) is 0 Å². The van der Waals surface area contributed by atoms with Crippen LogP contribution in [0.1, 0.15) is 59.3 Å². The minimum atomic E-state index is -1.16. The Morgan fingerprint density at radius 2 is 1.94 bits per heavy atom. The van der Waals surface area contributed by atoms with E-state index in [1.807, 2.05) is 13.0 Å². The maximum Gasteiger partial charge on any atom is 0.169 e. The summed E-state index contributed by atoms with van der Waals surface area (Å²) in [6.45, 7) is 6.14. The highest BCUT2D eigenvalue weighted by molar-refractivity contribution is 5.25. The normalized spacial score (nSPS) is 16.1. The Balaban J connectivity index is 4.60. The molecule has 2 nitrogen and oxygen atoms in total. The van der Waals surface area contributed by atoms with Crippen molar-refractivity contribution in [2.24, 2.45) is 0 Å². The summed E-state index contributed by atoms with van der Waals surface area (Å²) in [4.78, 5) is 0. The van der Waals surface area contributed by atoms with Gasteiger partial charge in [-0.2, -0.15) is 0 Å². The van der Waals surface area contributed by atoms with Gasteiger partial charge in [-0.05, 0) is 25.8 Å². The molecule has 0 bridgehead atoms. The number of unbranched alkanes of at least 4 members (excludes halogenated alkanes) is 4. The van der Waals surface area contributed by atoms with Crippen molar-refractivity contribution in [3.63, 3.8) is 0 Å². The average molecular weight is 252 g/mol. The van der Waals surface area contributed by atoms with E-state index in [-0.39, 0.29) is 6.10 Å². The van der Waals surface area contributed by atoms with Crippen LogP contribution in [0.25, 0.3) is 0 Å². The second-order valence-corrected chi connectivity index (χ2v) is 4.65. The SMILES string of the molecule is CCCCC#C[C@@](O)(/C=C/CCCC)[C@H](C)OC. The molecule has 104 valence electrons. The monoisotopic (exact) mass is 252 g/mol. The molecule has 0 saturated heterocycles. The molecular formula is C16H28O2. The summed E-state index contributed by atoms with van der Waals surface area (Å²) in [5, 5.41) is 10.5. The molecule has 0 aromatic carbocycles. The van der Waals surface area contributed by atoms with E-state index < -0.39 is 5.60 Å². The Labute approximate surface area is 112 Å². The van der Waals surface area contributed by atoms with Gasteiger partial charge >= 0.3 is 0 Å². The molecule has 0 unspecified atom stereocenters. The first kappa shape index (κ1) is 17.2. The number of rotatable bonds is 8. The van der Waals surface area contributed by atoms with Crippen LogP contribution in [0.5, 0.6) is 0 Å². The first-order chi connectivity index (χ1) is 8.60. The Kier molecular flexibility index (Phi) is 9.73. The molecule has 2 atom stereocenters. The lowest BCUT2D eigenvalue weighted by Crippen LogP contribution is -2.38. The Morgan fingerprint density at radius 1 is 1.28 bits per heavy atom. The van der Waals surface area contributed by atoms with Crippen molar-refractivity contribution in [2.45, 2.75) is 71.0 Å². The molecule has 1 N–H and O–H groups in total. The van der Waals surface area contributed by atoms with Gasteiger partial charge in [-0.1, -0.05) is 51.0 Å². The molecule has 0 aromatic heterocycles. The van der Waals surface area contributed by atoms with Crippen molar-refractivity contribution in [3.8, 4) is 11.8 Å². The molecule has 0 radical (unpaired) electrons. The van der Waals surface area contributed by atoms with Crippen molar-refractivity contribution in [1.82, 2.24) is 0 Å². The van der Waals surface area contributed by atoms with E-state index >= 15 is 0 Å². The Morgan fingerprint density at radius 3 is 2.50 bits per heavy atom. The molecule has 0 saturated carbocycles. The summed E-state index contributed by atoms with van der Waals surface area (Å²) >= 11 is 0. The summed E-state index contributed by atoms with van der Waals surface area (Å²) in [6, 6.07) is 0. The molecule has 0 aliphatic heterocycles. The molecule has 0 amide bonds. The van der Waals surface area contributed by atoms with Crippen molar-refractivity contribution >= 4 is 0 Å². The van der Waals surface area contributed by atoms with Crippen LogP contribution in [0, 0.1) is 11.8 Å². The minimum Gasteiger partial charge on any atom is -0.377 e. The van der Waals surface area contributed by atoms with Gasteiger partial charge in [0.15, 0.2) is 5.60 Å². The average Bonchev–Trinajstić information content (AvgIpc) is 2.39. The standard InChI is InChI=1S/C16H28O2/c1-5-7-9-11-13-16(17,15(3)18-4)14-12-10-8-6-2/h11,13,15,17H,5-10H2,1-4H3/b13-11+/t15-,16-/m0/s1. The van der Waals surface area contributed by atoms with Crippen molar-refractivity contribution in [1.29, 1.82) is 0 Å². The van der Waals surface area contributed by atoms with Crippen LogP contribution in [0.15, 0.2) is 12.2 Å². The van der Waals surface area contributed by atoms with E-state index in [2.05, 4.69) is 25.7 Å². The quantitative estimate of drug-likeness (QED) is 0.405. The largest absolute Gasteiger partial charge is 0.377 e. The Hall–Kier alpha value is -0.780. The molecule has 0 aromatic rings. The highest BCUT2D eigenvalue weighted by Gasteiger charge is 2.28. The van der Waals surface area contributed by atoms with Crippen LogP contribution in [-0.4, -0.2) is 23.9 Å². The molecule has 0 fully saturated rings. The summed E-state index contributed by atoms with van der Waals surface area (Å²) in [5.41, 5.74) is -1.16. The van der Waals surface area contributed by atoms with Crippen molar-refractivity contribution < 1.29 is 9.84 Å². The fraction of sp³-hybridized carbons (Fsp3) is 0.750. The third-order valence-corrected chi connectivity index (χ3v) is 3.01. The second-order valence-electron chi connectivity index (χ2n) is 4.65. The third kappa shape index (κ3) is 6.83. The van der Waals surface area contributed by atoms with Gasteiger partial charge in [0, 0.05) is 13.5 Å². The van der Waals surface area contributed by atoms with E-state index in [0.717, 1.165) is 38.5 Å². The van der Waals surface area contributed by atoms with Gasteiger partial charge < -0.3 is 9.84 Å². The predicted molar refractivity (Wildman–Crippen MR) is 77.4 cm³/mol. The lowest BCUT2D eigenvalue weighted by atomic mass is 9.96. The Bertz CT molecular complexity index is 285. The summed E-state index contributed by atoms with van der Waals surface area (Å²) < 4.78 is 5.23. The van der Waals surface area contributed by atoms with Crippen molar-refractivity contribution in [3.05, 3.63) is 12.2 Å². The van der Waals surface area contributed by atoms with Gasteiger partial charge in [0.1, 0.15) is 0 Å². The van der Waals surface area contributed by atoms with Crippen LogP contribution in [0.2, 0.25) is 0 Å². The van der Waals surface area contributed by atoms with Crippen LogP contribution in [-0.2, 0) is 4.74 Å². The van der Waals surface area contributed by atoms with Crippen molar-refractivity contribution in [2.75, 3.05) is 7.11 Å². The van der Waals surface area contributed by atoms with Crippen LogP contribution >= 0.6 is 0 Å². The molecule has 2 heteroatoms. The lowest BCUT2D eigenvalue weighted by molar-refractivity contribution is -0.0161. The lowest BCUT2D eigenvalue weighted by Gasteiger charge is -2.24. The van der Waals surface area contributed by atoms with E-state index in [4.69, 9.17) is 4.74 Å². The predicted octanol–water partition coefficient (Wildman–Crippen LogP) is 3.69. The first-order valence-electron chi connectivity index (χ1n) is 7.03. The van der Waals surface area contributed by atoms with Gasteiger partial charge in [-0.15, -0.1) is 0 Å². The maximum absolute atomic E-state index is 10.5. The zero-order valence-electron chi connectivity index (χ0n) is 12.3. The van der Waals surface area contributed by atoms with Crippen LogP contribution < -0.4 is 0 Å². The molecule has 0 aliphatic rings. The van der Waals surface area contributed by atoms with Crippen LogP contribution in [0.3, 0.4) is 0 Å². The molecule has 18 heavy (non-hydrogen) atoms.